The maximum absolute atomic E-state index is 13.5. The molecule has 4 rings (SSSR count). The molecule has 0 bridgehead atoms. The first kappa shape index (κ1) is 17.7. The topological polar surface area (TPSA) is 49.4 Å². The third-order valence-electron chi connectivity index (χ3n) is 4.92. The number of rotatable bonds is 5. The summed E-state index contributed by atoms with van der Waals surface area (Å²) in [5.41, 5.74) is 1.30. The molecule has 3 aromatic rings. The maximum atomic E-state index is 13.5. The van der Waals surface area contributed by atoms with Crippen LogP contribution in [0.3, 0.4) is 0 Å². The first-order chi connectivity index (χ1) is 13.7. The normalized spacial score (nSPS) is 15.8. The number of imide groups is 1. The second kappa shape index (κ2) is 7.53. The zero-order chi connectivity index (χ0) is 19.4. The zero-order valence-electron chi connectivity index (χ0n) is 15.3. The summed E-state index contributed by atoms with van der Waals surface area (Å²) in [7, 11) is 0. The molecule has 1 fully saturated rings. The van der Waals surface area contributed by atoms with Crippen LogP contribution in [-0.4, -0.2) is 23.4 Å². The van der Waals surface area contributed by atoms with Crippen molar-refractivity contribution < 1.29 is 9.59 Å². The molecule has 1 saturated heterocycles. The van der Waals surface area contributed by atoms with Crippen molar-refractivity contribution >= 4 is 18.0 Å². The average Bonchev–Trinajstić information content (AvgIpc) is 3.01. The largest absolute Gasteiger partial charge is 0.325 e. The molecule has 0 aromatic heterocycles. The molecule has 0 radical (unpaired) electrons. The van der Waals surface area contributed by atoms with Gasteiger partial charge in [0.1, 0.15) is 0 Å². The Labute approximate surface area is 164 Å². The number of hydrogen-bond acceptors (Lipinski definition) is 2. The molecule has 1 aliphatic heterocycles. The standard InChI is InChI=1S/C24H20N2O2/c27-22-24(20-14-6-2-7-15-20,21-16-8-3-9-17-21)25-23(28)26(22)18-10-13-19-11-4-1-5-12-19/h1-17H,18H2,(H,25,28)/b13-10+. The van der Waals surface area contributed by atoms with Crippen LogP contribution < -0.4 is 5.32 Å². The van der Waals surface area contributed by atoms with Crippen LogP contribution in [-0.2, 0) is 10.3 Å². The van der Waals surface area contributed by atoms with Crippen molar-refractivity contribution in [2.75, 3.05) is 6.54 Å². The molecule has 138 valence electrons. The predicted molar refractivity (Wildman–Crippen MR) is 109 cm³/mol. The van der Waals surface area contributed by atoms with E-state index in [0.717, 1.165) is 16.7 Å². The van der Waals surface area contributed by atoms with E-state index in [-0.39, 0.29) is 12.5 Å². The van der Waals surface area contributed by atoms with Gasteiger partial charge in [-0.2, -0.15) is 0 Å². The number of urea groups is 1. The molecule has 3 aromatic carbocycles. The van der Waals surface area contributed by atoms with E-state index in [2.05, 4.69) is 5.32 Å². The minimum absolute atomic E-state index is 0.209. The first-order valence-corrected chi connectivity index (χ1v) is 9.18. The fraction of sp³-hybridized carbons (Fsp3) is 0.0833. The van der Waals surface area contributed by atoms with Gasteiger partial charge in [-0.25, -0.2) is 4.79 Å². The summed E-state index contributed by atoms with van der Waals surface area (Å²) >= 11 is 0. The van der Waals surface area contributed by atoms with E-state index < -0.39 is 11.6 Å². The van der Waals surface area contributed by atoms with E-state index in [4.69, 9.17) is 0 Å². The minimum Gasteiger partial charge on any atom is -0.315 e. The Kier molecular flexibility index (Phi) is 4.77. The number of benzene rings is 3. The third-order valence-corrected chi connectivity index (χ3v) is 4.92. The fourth-order valence-electron chi connectivity index (χ4n) is 3.53. The van der Waals surface area contributed by atoms with Crippen LogP contribution in [0.25, 0.3) is 6.08 Å². The Morgan fingerprint density at radius 1 is 0.750 bits per heavy atom. The Hall–Kier alpha value is -3.66. The molecule has 1 aliphatic rings. The van der Waals surface area contributed by atoms with Gasteiger partial charge in [0.05, 0.1) is 0 Å². The molecule has 4 nitrogen and oxygen atoms in total. The van der Waals surface area contributed by atoms with Crippen molar-refractivity contribution in [3.63, 3.8) is 0 Å². The van der Waals surface area contributed by atoms with Crippen LogP contribution >= 0.6 is 0 Å². The van der Waals surface area contributed by atoms with Gasteiger partial charge in [-0.15, -0.1) is 0 Å². The molecule has 0 atom stereocenters. The van der Waals surface area contributed by atoms with Crippen molar-refractivity contribution in [2.45, 2.75) is 5.54 Å². The van der Waals surface area contributed by atoms with Gasteiger partial charge in [0.2, 0.25) is 0 Å². The van der Waals surface area contributed by atoms with Crippen molar-refractivity contribution in [2.24, 2.45) is 0 Å². The van der Waals surface area contributed by atoms with Gasteiger partial charge in [0, 0.05) is 6.54 Å². The number of carbonyl (C=O) groups excluding carboxylic acids is 2. The van der Waals surface area contributed by atoms with E-state index in [1.54, 1.807) is 0 Å². The molecule has 1 heterocycles. The molecule has 0 spiro atoms. The number of amides is 3. The van der Waals surface area contributed by atoms with E-state index in [0.29, 0.717) is 0 Å². The summed E-state index contributed by atoms with van der Waals surface area (Å²) < 4.78 is 0. The van der Waals surface area contributed by atoms with E-state index in [9.17, 15) is 9.59 Å². The second-order valence-electron chi connectivity index (χ2n) is 6.64. The Bertz CT molecular complexity index is 959. The SMILES string of the molecule is O=C1NC(c2ccccc2)(c2ccccc2)C(=O)N1C/C=C/c1ccccc1. The van der Waals surface area contributed by atoms with Gasteiger partial charge < -0.3 is 5.32 Å². The van der Waals surface area contributed by atoms with Crippen molar-refractivity contribution in [1.82, 2.24) is 10.2 Å². The lowest BCUT2D eigenvalue weighted by Gasteiger charge is -2.27. The average molecular weight is 368 g/mol. The lowest BCUT2D eigenvalue weighted by atomic mass is 9.82. The number of nitrogens with one attached hydrogen (secondary N) is 1. The van der Waals surface area contributed by atoms with Crippen LogP contribution in [0.2, 0.25) is 0 Å². The Morgan fingerprint density at radius 2 is 1.25 bits per heavy atom. The van der Waals surface area contributed by atoms with Crippen LogP contribution in [0, 0.1) is 0 Å². The number of carbonyl (C=O) groups is 2. The van der Waals surface area contributed by atoms with Crippen molar-refractivity contribution in [3.05, 3.63) is 114 Å². The van der Waals surface area contributed by atoms with E-state index in [1.165, 1.54) is 4.90 Å². The molecule has 0 aliphatic carbocycles. The van der Waals surface area contributed by atoms with E-state index in [1.807, 2.05) is 103 Å². The van der Waals surface area contributed by atoms with Gasteiger partial charge in [-0.3, -0.25) is 9.69 Å². The molecular formula is C24H20N2O2. The zero-order valence-corrected chi connectivity index (χ0v) is 15.3. The molecule has 0 unspecified atom stereocenters. The Morgan fingerprint density at radius 3 is 1.79 bits per heavy atom. The van der Waals surface area contributed by atoms with Crippen LogP contribution in [0.4, 0.5) is 4.79 Å². The number of nitrogens with zero attached hydrogens (tertiary/aromatic N) is 1. The smallest absolute Gasteiger partial charge is 0.315 e. The molecule has 3 amide bonds. The minimum atomic E-state index is -1.21. The predicted octanol–water partition coefficient (Wildman–Crippen LogP) is 4.20. The maximum Gasteiger partial charge on any atom is 0.325 e. The molecule has 28 heavy (non-hydrogen) atoms. The van der Waals surface area contributed by atoms with Gasteiger partial charge >= 0.3 is 6.03 Å². The highest BCUT2D eigenvalue weighted by Crippen LogP contribution is 2.35. The second-order valence-corrected chi connectivity index (χ2v) is 6.64. The third kappa shape index (κ3) is 3.09. The molecule has 4 heteroatoms. The van der Waals surface area contributed by atoms with E-state index >= 15 is 0 Å². The number of hydrogen-bond donors (Lipinski definition) is 1. The highest BCUT2D eigenvalue weighted by molar-refractivity contribution is 6.09. The van der Waals surface area contributed by atoms with Crippen LogP contribution in [0.5, 0.6) is 0 Å². The van der Waals surface area contributed by atoms with Gasteiger partial charge in [0.25, 0.3) is 5.91 Å². The monoisotopic (exact) mass is 368 g/mol. The van der Waals surface area contributed by atoms with Gasteiger partial charge in [-0.05, 0) is 16.7 Å². The Balaban J connectivity index is 1.68. The van der Waals surface area contributed by atoms with Gasteiger partial charge in [0.15, 0.2) is 5.54 Å². The summed E-state index contributed by atoms with van der Waals surface area (Å²) in [6.07, 6.45) is 3.74. The quantitative estimate of drug-likeness (QED) is 0.687. The van der Waals surface area contributed by atoms with Gasteiger partial charge in [-0.1, -0.05) is 103 Å². The summed E-state index contributed by atoms with van der Waals surface area (Å²) in [5, 5.41) is 2.95. The summed E-state index contributed by atoms with van der Waals surface area (Å²) in [6, 6.07) is 28.1. The van der Waals surface area contributed by atoms with Crippen molar-refractivity contribution in [3.8, 4) is 0 Å². The van der Waals surface area contributed by atoms with Crippen LogP contribution in [0.1, 0.15) is 16.7 Å². The lowest BCUT2D eigenvalue weighted by molar-refractivity contribution is -0.129. The van der Waals surface area contributed by atoms with Crippen molar-refractivity contribution in [1.29, 1.82) is 0 Å². The highest BCUT2D eigenvalue weighted by Gasteiger charge is 2.53. The molecule has 0 saturated carbocycles. The fourth-order valence-corrected chi connectivity index (χ4v) is 3.53. The molecule has 1 N–H and O–H groups in total. The summed E-state index contributed by atoms with van der Waals surface area (Å²) in [6.45, 7) is 0.209. The highest BCUT2D eigenvalue weighted by atomic mass is 16.2. The molecular weight excluding hydrogens is 348 g/mol. The summed E-state index contributed by atoms with van der Waals surface area (Å²) in [4.78, 5) is 27.5. The lowest BCUT2D eigenvalue weighted by Crippen LogP contribution is -2.45. The summed E-state index contributed by atoms with van der Waals surface area (Å²) in [5.74, 6) is -0.271. The van der Waals surface area contributed by atoms with Crippen LogP contribution in [0.15, 0.2) is 97.1 Å². The first-order valence-electron chi connectivity index (χ1n) is 9.18.